The van der Waals surface area contributed by atoms with E-state index >= 15 is 0 Å². The van der Waals surface area contributed by atoms with Crippen molar-refractivity contribution < 1.29 is 28.7 Å². The van der Waals surface area contributed by atoms with Crippen LogP contribution in [0.2, 0.25) is 5.02 Å². The summed E-state index contributed by atoms with van der Waals surface area (Å²) in [5.74, 6) is -1.28. The fourth-order valence-electron chi connectivity index (χ4n) is 4.31. The van der Waals surface area contributed by atoms with Crippen LogP contribution in [-0.2, 0) is 20.9 Å². The summed E-state index contributed by atoms with van der Waals surface area (Å²) in [5.41, 5.74) is 1.98. The van der Waals surface area contributed by atoms with Crippen molar-refractivity contribution in [1.29, 1.82) is 0 Å². The number of esters is 1. The van der Waals surface area contributed by atoms with Gasteiger partial charge in [0.2, 0.25) is 5.91 Å². The number of nitrogens with one attached hydrogen (secondary N) is 1. The number of amides is 3. The molecule has 0 spiro atoms. The summed E-state index contributed by atoms with van der Waals surface area (Å²) in [5, 5.41) is 4.44. The molecule has 4 aromatic carbocycles. The van der Waals surface area contributed by atoms with Crippen molar-refractivity contribution >= 4 is 68.9 Å². The number of imide groups is 1. The maximum Gasteiger partial charge on any atom is 0.339 e. The van der Waals surface area contributed by atoms with E-state index in [1.165, 1.54) is 18.2 Å². The van der Waals surface area contributed by atoms with E-state index in [0.717, 1.165) is 33.0 Å². The number of fused-ring (bicyclic) bond motifs is 1. The molecular formula is C32H25ClN2O6S. The van der Waals surface area contributed by atoms with Crippen molar-refractivity contribution in [3.8, 4) is 5.75 Å². The number of nitrogens with zero attached hydrogens (tertiary/aromatic N) is 1. The fourth-order valence-corrected chi connectivity index (χ4v) is 5.33. The van der Waals surface area contributed by atoms with E-state index in [1.807, 2.05) is 48.5 Å². The quantitative estimate of drug-likeness (QED) is 0.164. The summed E-state index contributed by atoms with van der Waals surface area (Å²) in [6.07, 6.45) is 1.59. The number of benzene rings is 4. The Morgan fingerprint density at radius 2 is 1.71 bits per heavy atom. The molecule has 1 saturated heterocycles. The largest absolute Gasteiger partial charge is 0.488 e. The summed E-state index contributed by atoms with van der Waals surface area (Å²) in [7, 11) is 0. The molecule has 0 radical (unpaired) electrons. The Kier molecular flexibility index (Phi) is 8.90. The second-order valence-corrected chi connectivity index (χ2v) is 10.6. The topological polar surface area (TPSA) is 102 Å². The molecule has 4 aromatic rings. The van der Waals surface area contributed by atoms with Crippen molar-refractivity contribution in [3.05, 3.63) is 112 Å². The molecule has 1 fully saturated rings. The molecule has 0 atom stereocenters. The highest BCUT2D eigenvalue weighted by atomic mass is 35.5. The van der Waals surface area contributed by atoms with Gasteiger partial charge in [-0.1, -0.05) is 66.2 Å². The van der Waals surface area contributed by atoms with Crippen LogP contribution in [0.3, 0.4) is 0 Å². The first-order valence-electron chi connectivity index (χ1n) is 13.0. The first-order chi connectivity index (χ1) is 20.3. The number of hydrogen-bond acceptors (Lipinski definition) is 7. The lowest BCUT2D eigenvalue weighted by Crippen LogP contribution is -2.36. The van der Waals surface area contributed by atoms with Crippen LogP contribution < -0.4 is 10.1 Å². The zero-order chi connectivity index (χ0) is 29.6. The Bertz CT molecular complexity index is 1740. The summed E-state index contributed by atoms with van der Waals surface area (Å²) in [4.78, 5) is 51.6. The second kappa shape index (κ2) is 12.9. The van der Waals surface area contributed by atoms with E-state index in [9.17, 15) is 19.2 Å². The molecule has 0 bridgehead atoms. The molecule has 5 rings (SSSR count). The van der Waals surface area contributed by atoms with Gasteiger partial charge in [0.15, 0.2) is 0 Å². The third kappa shape index (κ3) is 6.64. The van der Waals surface area contributed by atoms with Crippen LogP contribution in [0, 0.1) is 0 Å². The average molecular weight is 601 g/mol. The monoisotopic (exact) mass is 600 g/mol. The van der Waals surface area contributed by atoms with Gasteiger partial charge >= 0.3 is 5.97 Å². The van der Waals surface area contributed by atoms with E-state index < -0.39 is 29.6 Å². The Morgan fingerprint density at radius 3 is 2.52 bits per heavy atom. The van der Waals surface area contributed by atoms with E-state index in [2.05, 4.69) is 11.4 Å². The third-order valence-corrected chi connectivity index (χ3v) is 7.57. The van der Waals surface area contributed by atoms with Crippen molar-refractivity contribution in [2.75, 3.05) is 18.5 Å². The van der Waals surface area contributed by atoms with Gasteiger partial charge in [0.05, 0.1) is 22.1 Å². The van der Waals surface area contributed by atoms with E-state index in [-0.39, 0.29) is 27.8 Å². The minimum absolute atomic E-state index is 0.0897. The summed E-state index contributed by atoms with van der Waals surface area (Å²) in [6.45, 7) is 1.65. The maximum atomic E-state index is 13.1. The number of thioether (sulfide) groups is 1. The van der Waals surface area contributed by atoms with Crippen LogP contribution in [-0.4, -0.2) is 41.1 Å². The van der Waals surface area contributed by atoms with Crippen molar-refractivity contribution in [2.45, 2.75) is 13.5 Å². The normalized spacial score (nSPS) is 14.0. The van der Waals surface area contributed by atoms with Gasteiger partial charge in [-0.15, -0.1) is 0 Å². The fraction of sp³-hybridized carbons (Fsp3) is 0.125. The Labute approximate surface area is 251 Å². The molecule has 10 heteroatoms. The number of carbonyl (C=O) groups is 4. The van der Waals surface area contributed by atoms with Crippen LogP contribution in [0.25, 0.3) is 16.8 Å². The molecule has 1 aliphatic heterocycles. The lowest BCUT2D eigenvalue weighted by Gasteiger charge is -2.13. The molecule has 0 aliphatic carbocycles. The first-order valence-corrected chi connectivity index (χ1v) is 14.2. The highest BCUT2D eigenvalue weighted by Crippen LogP contribution is 2.34. The highest BCUT2D eigenvalue weighted by Gasteiger charge is 2.36. The van der Waals surface area contributed by atoms with Gasteiger partial charge in [0.25, 0.3) is 11.1 Å². The number of carbonyl (C=O) groups excluding carboxylic acids is 4. The van der Waals surface area contributed by atoms with Crippen molar-refractivity contribution in [1.82, 2.24) is 4.90 Å². The molecule has 0 aromatic heterocycles. The van der Waals surface area contributed by atoms with Gasteiger partial charge in [-0.2, -0.15) is 0 Å². The molecule has 42 heavy (non-hydrogen) atoms. The molecule has 1 N–H and O–H groups in total. The van der Waals surface area contributed by atoms with Crippen molar-refractivity contribution in [2.24, 2.45) is 0 Å². The second-order valence-electron chi connectivity index (χ2n) is 9.24. The molecule has 1 heterocycles. The summed E-state index contributed by atoms with van der Waals surface area (Å²) >= 11 is 6.82. The zero-order valence-corrected chi connectivity index (χ0v) is 24.0. The zero-order valence-electron chi connectivity index (χ0n) is 22.5. The van der Waals surface area contributed by atoms with Gasteiger partial charge < -0.3 is 14.8 Å². The predicted molar refractivity (Wildman–Crippen MR) is 163 cm³/mol. The van der Waals surface area contributed by atoms with Crippen LogP contribution in [0.1, 0.15) is 28.4 Å². The van der Waals surface area contributed by atoms with Gasteiger partial charge in [-0.05, 0) is 71.4 Å². The highest BCUT2D eigenvalue weighted by molar-refractivity contribution is 8.18. The summed E-state index contributed by atoms with van der Waals surface area (Å²) < 4.78 is 11.1. The maximum absolute atomic E-state index is 13.1. The van der Waals surface area contributed by atoms with Crippen LogP contribution in [0.5, 0.6) is 5.75 Å². The van der Waals surface area contributed by atoms with E-state index in [1.54, 1.807) is 25.1 Å². The number of ether oxygens (including phenoxy) is 2. The molecule has 0 saturated carbocycles. The Hall–Kier alpha value is -4.60. The van der Waals surface area contributed by atoms with Crippen LogP contribution in [0.4, 0.5) is 10.5 Å². The molecular weight excluding hydrogens is 576 g/mol. The molecule has 1 aliphatic rings. The number of halogens is 1. The third-order valence-electron chi connectivity index (χ3n) is 6.33. The number of rotatable bonds is 9. The average Bonchev–Trinajstić information content (AvgIpc) is 3.24. The minimum atomic E-state index is -0.629. The molecule has 212 valence electrons. The minimum Gasteiger partial charge on any atom is -0.488 e. The van der Waals surface area contributed by atoms with Gasteiger partial charge in [0.1, 0.15) is 18.9 Å². The Balaban J connectivity index is 1.25. The Morgan fingerprint density at radius 1 is 0.952 bits per heavy atom. The smallest absolute Gasteiger partial charge is 0.339 e. The van der Waals surface area contributed by atoms with E-state index in [0.29, 0.717) is 17.9 Å². The number of para-hydroxylation sites is 1. The van der Waals surface area contributed by atoms with E-state index in [4.69, 9.17) is 21.1 Å². The molecule has 3 amide bonds. The van der Waals surface area contributed by atoms with Crippen LogP contribution in [0.15, 0.2) is 89.8 Å². The standard InChI is InChI=1S/C32H25ClN2O6S/c1-2-40-31(38)25-17-24(13-14-26(25)33)34-29(36)18-35-30(37)28(42-32(35)39)16-23-9-5-6-10-27(23)41-19-20-11-12-21-7-3-4-8-22(21)15-20/h3-17H,2,18-19H2,1H3,(H,34,36)/b28-16-. The van der Waals surface area contributed by atoms with Gasteiger partial charge in [0, 0.05) is 11.3 Å². The lowest BCUT2D eigenvalue weighted by molar-refractivity contribution is -0.127. The van der Waals surface area contributed by atoms with Crippen LogP contribution >= 0.6 is 23.4 Å². The van der Waals surface area contributed by atoms with Gasteiger partial charge in [-0.25, -0.2) is 4.79 Å². The van der Waals surface area contributed by atoms with Crippen molar-refractivity contribution in [3.63, 3.8) is 0 Å². The lowest BCUT2D eigenvalue weighted by atomic mass is 10.1. The number of anilines is 1. The molecule has 8 nitrogen and oxygen atoms in total. The van der Waals surface area contributed by atoms with Gasteiger partial charge in [-0.3, -0.25) is 19.3 Å². The summed E-state index contributed by atoms with van der Waals surface area (Å²) in [6, 6.07) is 25.7. The first kappa shape index (κ1) is 28.9. The number of hydrogen-bond donors (Lipinski definition) is 1. The molecule has 0 unspecified atom stereocenters. The predicted octanol–water partition coefficient (Wildman–Crippen LogP) is 6.92. The SMILES string of the molecule is CCOC(=O)c1cc(NC(=O)CN2C(=O)S/C(=C\c3ccccc3OCc3ccc4ccccc4c3)C2=O)ccc1Cl.